The Bertz CT molecular complexity index is 159. The second-order valence-electron chi connectivity index (χ2n) is 2.01. The van der Waals surface area contributed by atoms with E-state index in [9.17, 15) is 4.79 Å². The molecule has 1 amide bonds. The van der Waals surface area contributed by atoms with Gasteiger partial charge in [0.25, 0.3) is 5.91 Å². The lowest BCUT2D eigenvalue weighted by molar-refractivity contribution is -0.113. The molecule has 0 atom stereocenters. The summed E-state index contributed by atoms with van der Waals surface area (Å²) in [5.74, 6) is -0.295. The average molecular weight is 154 g/mol. The van der Waals surface area contributed by atoms with Gasteiger partial charge < -0.3 is 4.90 Å². The highest BCUT2D eigenvalue weighted by molar-refractivity contribution is 5.92. The van der Waals surface area contributed by atoms with Gasteiger partial charge in [-0.3, -0.25) is 4.79 Å². The van der Waals surface area contributed by atoms with Crippen molar-refractivity contribution >= 4 is 12.2 Å². The van der Waals surface area contributed by atoms with Gasteiger partial charge in [-0.15, -0.1) is 0 Å². The fourth-order valence-corrected chi connectivity index (χ4v) is 0.578. The van der Waals surface area contributed by atoms with Crippen LogP contribution in [0.15, 0.2) is 17.6 Å². The highest BCUT2D eigenvalue weighted by atomic mass is 16.1. The summed E-state index contributed by atoms with van der Waals surface area (Å²) in [7, 11) is 0. The van der Waals surface area contributed by atoms with Crippen LogP contribution in [0.25, 0.3) is 0 Å². The van der Waals surface area contributed by atoms with Crippen molar-refractivity contribution in [2.24, 2.45) is 4.99 Å². The van der Waals surface area contributed by atoms with Crippen molar-refractivity contribution in [3.63, 3.8) is 0 Å². The minimum absolute atomic E-state index is 0.295. The smallest absolute Gasteiger partial charge is 0.270 e. The van der Waals surface area contributed by atoms with E-state index < -0.39 is 0 Å². The Morgan fingerprint density at radius 2 is 2.09 bits per heavy atom. The van der Waals surface area contributed by atoms with Crippen molar-refractivity contribution in [1.29, 1.82) is 0 Å². The Hall–Kier alpha value is -1.12. The van der Waals surface area contributed by atoms with Crippen LogP contribution in [0.3, 0.4) is 0 Å². The van der Waals surface area contributed by atoms with Gasteiger partial charge in [0, 0.05) is 13.1 Å². The second kappa shape index (κ2) is 5.65. The summed E-state index contributed by atoms with van der Waals surface area (Å²) in [6.07, 6.45) is 2.74. The molecule has 0 aromatic rings. The minimum atomic E-state index is -0.295. The van der Waals surface area contributed by atoms with Crippen LogP contribution in [0.2, 0.25) is 0 Å². The first kappa shape index (κ1) is 9.88. The van der Waals surface area contributed by atoms with Crippen molar-refractivity contribution < 1.29 is 4.79 Å². The number of carbonyl (C=O) groups excluding carboxylic acids is 1. The van der Waals surface area contributed by atoms with Gasteiger partial charge in [0.1, 0.15) is 0 Å². The van der Waals surface area contributed by atoms with Crippen LogP contribution >= 0.6 is 0 Å². The SMILES string of the molecule is C=CC(=O)N=CN(CC)CC. The van der Waals surface area contributed by atoms with Crippen molar-refractivity contribution in [2.45, 2.75) is 13.8 Å². The van der Waals surface area contributed by atoms with Crippen molar-refractivity contribution in [3.05, 3.63) is 12.7 Å². The van der Waals surface area contributed by atoms with Crippen LogP contribution in [0.1, 0.15) is 13.8 Å². The summed E-state index contributed by atoms with van der Waals surface area (Å²) in [6, 6.07) is 0. The first-order valence-corrected chi connectivity index (χ1v) is 3.69. The fourth-order valence-electron chi connectivity index (χ4n) is 0.578. The summed E-state index contributed by atoms with van der Waals surface area (Å²) in [4.78, 5) is 16.2. The van der Waals surface area contributed by atoms with Crippen molar-refractivity contribution in [2.75, 3.05) is 13.1 Å². The topological polar surface area (TPSA) is 32.7 Å². The molecule has 3 heteroatoms. The van der Waals surface area contributed by atoms with Gasteiger partial charge in [-0.2, -0.15) is 0 Å². The van der Waals surface area contributed by atoms with Crippen LogP contribution in [0.4, 0.5) is 0 Å². The average Bonchev–Trinajstić information content (AvgIpc) is 2.06. The molecule has 0 aliphatic carbocycles. The highest BCUT2D eigenvalue weighted by Crippen LogP contribution is 1.82. The molecular formula is C8H14N2O. The minimum Gasteiger partial charge on any atom is -0.363 e. The van der Waals surface area contributed by atoms with Crippen LogP contribution in [-0.2, 0) is 4.79 Å². The van der Waals surface area contributed by atoms with Gasteiger partial charge in [0.05, 0.1) is 6.34 Å². The maximum atomic E-state index is 10.6. The molecule has 0 saturated heterocycles. The Morgan fingerprint density at radius 1 is 1.55 bits per heavy atom. The summed E-state index contributed by atoms with van der Waals surface area (Å²) >= 11 is 0. The maximum Gasteiger partial charge on any atom is 0.270 e. The standard InChI is InChI=1S/C8H14N2O/c1-4-8(11)9-7-10(5-2)6-3/h4,7H,1,5-6H2,2-3H3. The van der Waals surface area contributed by atoms with E-state index in [0.29, 0.717) is 0 Å². The molecule has 62 valence electrons. The quantitative estimate of drug-likeness (QED) is 0.344. The molecule has 0 fully saturated rings. The zero-order valence-corrected chi connectivity index (χ0v) is 7.08. The first-order valence-electron chi connectivity index (χ1n) is 3.69. The van der Waals surface area contributed by atoms with E-state index in [4.69, 9.17) is 0 Å². The number of rotatable bonds is 4. The Kier molecular flexibility index (Phi) is 5.07. The van der Waals surface area contributed by atoms with Crippen LogP contribution in [-0.4, -0.2) is 30.2 Å². The molecule has 0 spiro atoms. The van der Waals surface area contributed by atoms with E-state index in [0.717, 1.165) is 13.1 Å². The molecule has 0 N–H and O–H groups in total. The van der Waals surface area contributed by atoms with Gasteiger partial charge in [-0.25, -0.2) is 4.99 Å². The largest absolute Gasteiger partial charge is 0.363 e. The molecule has 0 aliphatic heterocycles. The molecule has 0 rings (SSSR count). The molecule has 0 aliphatic rings. The number of amides is 1. The van der Waals surface area contributed by atoms with E-state index in [2.05, 4.69) is 11.6 Å². The molecule has 0 aromatic heterocycles. The highest BCUT2D eigenvalue weighted by Gasteiger charge is 1.91. The van der Waals surface area contributed by atoms with Gasteiger partial charge in [0.15, 0.2) is 0 Å². The molecule has 0 aromatic carbocycles. The Morgan fingerprint density at radius 3 is 2.45 bits per heavy atom. The van der Waals surface area contributed by atoms with Gasteiger partial charge in [-0.05, 0) is 19.9 Å². The lowest BCUT2D eigenvalue weighted by Crippen LogP contribution is -2.21. The number of hydrogen-bond acceptors (Lipinski definition) is 1. The summed E-state index contributed by atoms with van der Waals surface area (Å²) < 4.78 is 0. The number of carbonyl (C=O) groups is 1. The zero-order chi connectivity index (χ0) is 8.69. The molecule has 0 saturated carbocycles. The van der Waals surface area contributed by atoms with E-state index in [1.807, 2.05) is 18.7 Å². The molecular weight excluding hydrogens is 140 g/mol. The van der Waals surface area contributed by atoms with E-state index in [-0.39, 0.29) is 5.91 Å². The van der Waals surface area contributed by atoms with E-state index >= 15 is 0 Å². The van der Waals surface area contributed by atoms with Gasteiger partial charge in [0.2, 0.25) is 0 Å². The van der Waals surface area contributed by atoms with Crippen molar-refractivity contribution in [3.8, 4) is 0 Å². The molecule has 11 heavy (non-hydrogen) atoms. The second-order valence-corrected chi connectivity index (χ2v) is 2.01. The van der Waals surface area contributed by atoms with Crippen molar-refractivity contribution in [1.82, 2.24) is 4.90 Å². The van der Waals surface area contributed by atoms with Crippen LogP contribution < -0.4 is 0 Å². The lowest BCUT2D eigenvalue weighted by Gasteiger charge is -2.12. The monoisotopic (exact) mass is 154 g/mol. The van der Waals surface area contributed by atoms with E-state index in [1.54, 1.807) is 6.34 Å². The molecule has 0 heterocycles. The summed E-state index contributed by atoms with van der Waals surface area (Å²) in [5.41, 5.74) is 0. The predicted octanol–water partition coefficient (Wildman–Crippen LogP) is 1.07. The fraction of sp³-hybridized carbons (Fsp3) is 0.500. The van der Waals surface area contributed by atoms with Crippen LogP contribution in [0.5, 0.6) is 0 Å². The third-order valence-electron chi connectivity index (χ3n) is 1.34. The number of nitrogens with zero attached hydrogens (tertiary/aromatic N) is 2. The number of hydrogen-bond donors (Lipinski definition) is 0. The van der Waals surface area contributed by atoms with Gasteiger partial charge in [-0.1, -0.05) is 6.58 Å². The maximum absolute atomic E-state index is 10.6. The van der Waals surface area contributed by atoms with Crippen LogP contribution in [0, 0.1) is 0 Å². The third kappa shape index (κ3) is 4.31. The Balaban J connectivity index is 3.87. The zero-order valence-electron chi connectivity index (χ0n) is 7.08. The summed E-state index contributed by atoms with van der Waals surface area (Å²) in [6.45, 7) is 9.06. The molecule has 0 radical (unpaired) electrons. The lowest BCUT2D eigenvalue weighted by atomic mass is 10.5. The Labute approximate surface area is 67.4 Å². The predicted molar refractivity (Wildman–Crippen MR) is 46.6 cm³/mol. The molecule has 3 nitrogen and oxygen atoms in total. The third-order valence-corrected chi connectivity index (χ3v) is 1.34. The molecule has 0 unspecified atom stereocenters. The van der Waals surface area contributed by atoms with Gasteiger partial charge >= 0.3 is 0 Å². The summed E-state index contributed by atoms with van der Waals surface area (Å²) in [5, 5.41) is 0. The molecule has 0 bridgehead atoms. The van der Waals surface area contributed by atoms with E-state index in [1.165, 1.54) is 6.08 Å². The first-order chi connectivity index (χ1) is 5.24. The normalized spacial score (nSPS) is 10.0. The number of aliphatic imine (C=N–C) groups is 1.